The second kappa shape index (κ2) is 8.50. The molecule has 0 spiro atoms. The van der Waals surface area contributed by atoms with Crippen LogP contribution in [0.5, 0.6) is 0 Å². The van der Waals surface area contributed by atoms with Gasteiger partial charge in [-0.3, -0.25) is 19.8 Å². The third-order valence-corrected chi connectivity index (χ3v) is 5.17. The minimum Gasteiger partial charge on any atom is -0.322 e. The number of hydrogen-bond acceptors (Lipinski definition) is 4. The van der Waals surface area contributed by atoms with E-state index < -0.39 is 10.8 Å². The summed E-state index contributed by atoms with van der Waals surface area (Å²) in [5.74, 6) is -0.532. The number of nitro benzene ring substituents is 1. The Morgan fingerprint density at radius 1 is 1.26 bits per heavy atom. The zero-order chi connectivity index (χ0) is 19.4. The molecule has 6 nitrogen and oxygen atoms in total. The smallest absolute Gasteiger partial charge is 0.283 e. The van der Waals surface area contributed by atoms with Gasteiger partial charge in [-0.2, -0.15) is 0 Å². The summed E-state index contributed by atoms with van der Waals surface area (Å²) >= 11 is 5.79. The van der Waals surface area contributed by atoms with E-state index in [1.165, 1.54) is 43.0 Å². The van der Waals surface area contributed by atoms with Crippen molar-refractivity contribution in [3.05, 3.63) is 68.7 Å². The predicted molar refractivity (Wildman–Crippen MR) is 106 cm³/mol. The second-order valence-electron chi connectivity index (χ2n) is 6.88. The lowest BCUT2D eigenvalue weighted by Crippen LogP contribution is -2.36. The number of piperidine rings is 1. The monoisotopic (exact) mass is 387 g/mol. The molecular formula is C20H22ClN3O3. The number of likely N-dealkylation sites (tertiary alicyclic amines) is 1. The van der Waals surface area contributed by atoms with E-state index in [2.05, 4.69) is 17.1 Å². The number of rotatable bonds is 5. The molecule has 1 fully saturated rings. The molecule has 0 aliphatic carbocycles. The van der Waals surface area contributed by atoms with Crippen LogP contribution in [0.3, 0.4) is 0 Å². The minimum atomic E-state index is -0.607. The van der Waals surface area contributed by atoms with Crippen LogP contribution in [0.1, 0.15) is 42.1 Å². The van der Waals surface area contributed by atoms with Crippen LogP contribution in [-0.2, 0) is 6.54 Å². The maximum absolute atomic E-state index is 12.4. The second-order valence-corrected chi connectivity index (χ2v) is 7.32. The molecule has 7 heteroatoms. The molecule has 2 aromatic rings. The fourth-order valence-electron chi connectivity index (χ4n) is 3.37. The molecule has 1 aliphatic rings. The van der Waals surface area contributed by atoms with Gasteiger partial charge in [-0.15, -0.1) is 0 Å². The summed E-state index contributed by atoms with van der Waals surface area (Å²) in [5.41, 5.74) is 1.45. The Morgan fingerprint density at radius 3 is 2.67 bits per heavy atom. The van der Waals surface area contributed by atoms with Gasteiger partial charge < -0.3 is 5.32 Å². The van der Waals surface area contributed by atoms with Crippen LogP contribution in [0.4, 0.5) is 11.4 Å². The Bertz CT molecular complexity index is 839. The largest absolute Gasteiger partial charge is 0.322 e. The van der Waals surface area contributed by atoms with Crippen molar-refractivity contribution in [1.82, 2.24) is 4.90 Å². The number of anilines is 1. The number of nitro groups is 1. The summed E-state index contributed by atoms with van der Waals surface area (Å²) in [6.45, 7) is 4.25. The van der Waals surface area contributed by atoms with Crippen LogP contribution in [0.25, 0.3) is 0 Å². The SMILES string of the molecule is CC1CCCCN1Cc1ccc(NC(=O)c2ccc(Cl)cc2[N+](=O)[O-])cc1. The van der Waals surface area contributed by atoms with Gasteiger partial charge in [-0.1, -0.05) is 30.2 Å². The number of halogens is 1. The lowest BCUT2D eigenvalue weighted by Gasteiger charge is -2.33. The molecule has 0 radical (unpaired) electrons. The van der Waals surface area contributed by atoms with E-state index in [4.69, 9.17) is 11.6 Å². The fourth-order valence-corrected chi connectivity index (χ4v) is 3.53. The summed E-state index contributed by atoms with van der Waals surface area (Å²) in [6, 6.07) is 12.2. The van der Waals surface area contributed by atoms with Crippen molar-refractivity contribution < 1.29 is 9.72 Å². The molecule has 0 bridgehead atoms. The number of nitrogens with zero attached hydrogens (tertiary/aromatic N) is 2. The topological polar surface area (TPSA) is 75.5 Å². The van der Waals surface area contributed by atoms with Gasteiger partial charge in [0.15, 0.2) is 0 Å². The number of carbonyl (C=O) groups is 1. The van der Waals surface area contributed by atoms with Gasteiger partial charge in [0.2, 0.25) is 0 Å². The van der Waals surface area contributed by atoms with E-state index in [-0.39, 0.29) is 16.3 Å². The highest BCUT2D eigenvalue weighted by Gasteiger charge is 2.21. The third kappa shape index (κ3) is 4.84. The molecule has 1 N–H and O–H groups in total. The molecule has 1 saturated heterocycles. The zero-order valence-corrected chi connectivity index (χ0v) is 15.9. The Balaban J connectivity index is 1.68. The highest BCUT2D eigenvalue weighted by atomic mass is 35.5. The number of hydrogen-bond donors (Lipinski definition) is 1. The van der Waals surface area contributed by atoms with Crippen LogP contribution < -0.4 is 5.32 Å². The number of benzene rings is 2. The molecule has 1 amide bonds. The van der Waals surface area contributed by atoms with E-state index in [1.54, 1.807) is 0 Å². The van der Waals surface area contributed by atoms with Crippen molar-refractivity contribution in [3.8, 4) is 0 Å². The maximum Gasteiger partial charge on any atom is 0.283 e. The first-order chi connectivity index (χ1) is 12.9. The van der Waals surface area contributed by atoms with Gasteiger partial charge in [-0.25, -0.2) is 0 Å². The van der Waals surface area contributed by atoms with Gasteiger partial charge in [0.05, 0.1) is 4.92 Å². The van der Waals surface area contributed by atoms with Crippen LogP contribution in [-0.4, -0.2) is 28.3 Å². The van der Waals surface area contributed by atoms with Gasteiger partial charge in [0, 0.05) is 29.4 Å². The quantitative estimate of drug-likeness (QED) is 0.586. The van der Waals surface area contributed by atoms with E-state index in [0.29, 0.717) is 11.7 Å². The van der Waals surface area contributed by atoms with Crippen LogP contribution in [0, 0.1) is 10.1 Å². The molecule has 1 unspecified atom stereocenters. The fraction of sp³-hybridized carbons (Fsp3) is 0.350. The van der Waals surface area contributed by atoms with Crippen molar-refractivity contribution in [2.45, 2.75) is 38.8 Å². The minimum absolute atomic E-state index is 0.0179. The molecule has 27 heavy (non-hydrogen) atoms. The number of nitrogens with one attached hydrogen (secondary N) is 1. The van der Waals surface area contributed by atoms with E-state index in [9.17, 15) is 14.9 Å². The van der Waals surface area contributed by atoms with Gasteiger partial charge >= 0.3 is 0 Å². The van der Waals surface area contributed by atoms with Crippen molar-refractivity contribution in [3.63, 3.8) is 0 Å². The van der Waals surface area contributed by atoms with Gasteiger partial charge in [0.1, 0.15) is 5.56 Å². The first-order valence-corrected chi connectivity index (χ1v) is 9.40. The zero-order valence-electron chi connectivity index (χ0n) is 15.2. The molecule has 3 rings (SSSR count). The van der Waals surface area contributed by atoms with Crippen molar-refractivity contribution in [2.24, 2.45) is 0 Å². The van der Waals surface area contributed by atoms with E-state index in [0.717, 1.165) is 13.1 Å². The summed E-state index contributed by atoms with van der Waals surface area (Å²) in [6.07, 6.45) is 3.76. The van der Waals surface area contributed by atoms with Crippen LogP contribution in [0.15, 0.2) is 42.5 Å². The normalized spacial score (nSPS) is 17.5. The third-order valence-electron chi connectivity index (χ3n) is 4.94. The molecule has 2 aromatic carbocycles. The van der Waals surface area contributed by atoms with E-state index in [1.807, 2.05) is 24.3 Å². The number of amides is 1. The molecular weight excluding hydrogens is 366 g/mol. The number of carbonyl (C=O) groups excluding carboxylic acids is 1. The molecule has 142 valence electrons. The average Bonchev–Trinajstić information content (AvgIpc) is 2.65. The molecule has 1 aliphatic heterocycles. The van der Waals surface area contributed by atoms with Crippen LogP contribution in [0.2, 0.25) is 5.02 Å². The lowest BCUT2D eigenvalue weighted by molar-refractivity contribution is -0.385. The molecule has 1 atom stereocenters. The Morgan fingerprint density at radius 2 is 2.00 bits per heavy atom. The standard InChI is InChI=1S/C20H22ClN3O3/c1-14-4-2-3-11-23(14)13-15-5-8-17(9-6-15)22-20(25)18-10-7-16(21)12-19(18)24(26)27/h5-10,12,14H,2-4,11,13H2,1H3,(H,22,25). The van der Waals surface area contributed by atoms with Crippen molar-refractivity contribution in [1.29, 1.82) is 0 Å². The van der Waals surface area contributed by atoms with Crippen molar-refractivity contribution in [2.75, 3.05) is 11.9 Å². The predicted octanol–water partition coefficient (Wildman–Crippen LogP) is 4.87. The first kappa shape index (κ1) is 19.3. The van der Waals surface area contributed by atoms with Crippen LogP contribution >= 0.6 is 11.6 Å². The summed E-state index contributed by atoms with van der Waals surface area (Å²) < 4.78 is 0. The highest BCUT2D eigenvalue weighted by Crippen LogP contribution is 2.25. The average molecular weight is 388 g/mol. The summed E-state index contributed by atoms with van der Waals surface area (Å²) in [4.78, 5) is 25.4. The Kier molecular flexibility index (Phi) is 6.08. The molecule has 0 aromatic heterocycles. The Labute approximate surface area is 163 Å². The first-order valence-electron chi connectivity index (χ1n) is 9.02. The summed E-state index contributed by atoms with van der Waals surface area (Å²) in [7, 11) is 0. The maximum atomic E-state index is 12.4. The van der Waals surface area contributed by atoms with Gasteiger partial charge in [-0.05, 0) is 56.1 Å². The van der Waals surface area contributed by atoms with Gasteiger partial charge in [0.25, 0.3) is 11.6 Å². The molecule has 0 saturated carbocycles. The van der Waals surface area contributed by atoms with E-state index >= 15 is 0 Å². The van der Waals surface area contributed by atoms with Crippen molar-refractivity contribution >= 4 is 28.9 Å². The Hall–Kier alpha value is -2.44. The molecule has 1 heterocycles. The highest BCUT2D eigenvalue weighted by molar-refractivity contribution is 6.31. The lowest BCUT2D eigenvalue weighted by atomic mass is 10.0. The summed E-state index contributed by atoms with van der Waals surface area (Å²) in [5, 5.41) is 14.1.